The predicted molar refractivity (Wildman–Crippen MR) is 155 cm³/mol. The fourth-order valence-corrected chi connectivity index (χ4v) is 6.00. The number of hydrogen-bond acceptors (Lipinski definition) is 7. The van der Waals surface area contributed by atoms with E-state index in [1.165, 1.54) is 12.1 Å². The van der Waals surface area contributed by atoms with Crippen LogP contribution in [0.15, 0.2) is 75.9 Å². The van der Waals surface area contributed by atoms with Gasteiger partial charge in [0.15, 0.2) is 5.43 Å². The first-order valence-corrected chi connectivity index (χ1v) is 13.8. The molecule has 2 aliphatic rings. The van der Waals surface area contributed by atoms with E-state index >= 15 is 0 Å². The fourth-order valence-electron chi connectivity index (χ4n) is 6.00. The molecule has 0 radical (unpaired) electrons. The maximum atomic E-state index is 13.7. The van der Waals surface area contributed by atoms with Crippen molar-refractivity contribution >= 4 is 27.8 Å². The summed E-state index contributed by atoms with van der Waals surface area (Å²) < 4.78 is 18.1. The van der Waals surface area contributed by atoms with Crippen molar-refractivity contribution in [1.82, 2.24) is 9.88 Å². The summed E-state index contributed by atoms with van der Waals surface area (Å²) in [6.07, 6.45) is 3.21. The smallest absolute Gasteiger partial charge is 0.223 e. The van der Waals surface area contributed by atoms with Crippen LogP contribution in [0, 0.1) is 0 Å². The van der Waals surface area contributed by atoms with Gasteiger partial charge in [0.25, 0.3) is 0 Å². The molecule has 1 fully saturated rings. The SMILES string of the molecule is COc1ccc2nc3c(cc2c1)[C@@H](CC(=O)N1CCCCC1)c1c(cc(O)c2c(=O)cc(-c4ccccc4)oc12)O3. The average Bonchev–Trinajstić information content (AvgIpc) is 3.00. The lowest BCUT2D eigenvalue weighted by Gasteiger charge is -2.32. The molecule has 1 amide bonds. The van der Waals surface area contributed by atoms with Crippen molar-refractivity contribution in [2.45, 2.75) is 31.6 Å². The first kappa shape index (κ1) is 25.1. The third-order valence-electron chi connectivity index (χ3n) is 8.07. The van der Waals surface area contributed by atoms with E-state index < -0.39 is 5.92 Å². The molecule has 0 unspecified atom stereocenters. The van der Waals surface area contributed by atoms with Gasteiger partial charge in [-0.25, -0.2) is 4.98 Å². The van der Waals surface area contributed by atoms with Crippen LogP contribution in [0.1, 0.15) is 42.7 Å². The minimum absolute atomic E-state index is 0.0158. The molecule has 8 heteroatoms. The fraction of sp³-hybridized carbons (Fsp3) is 0.242. The topological polar surface area (TPSA) is 102 Å². The Morgan fingerprint density at radius 1 is 1.05 bits per heavy atom. The Hall–Kier alpha value is -4.85. The number of nitrogens with zero attached hydrogens (tertiary/aromatic N) is 2. The highest BCUT2D eigenvalue weighted by molar-refractivity contribution is 5.92. The van der Waals surface area contributed by atoms with Crippen molar-refractivity contribution in [3.05, 3.63) is 88.1 Å². The molecule has 2 aromatic heterocycles. The van der Waals surface area contributed by atoms with Crippen molar-refractivity contribution in [3.63, 3.8) is 0 Å². The molecule has 1 atom stereocenters. The molecule has 5 aromatic rings. The summed E-state index contributed by atoms with van der Waals surface area (Å²) in [4.78, 5) is 33.8. The maximum Gasteiger partial charge on any atom is 0.223 e. The van der Waals surface area contributed by atoms with Crippen molar-refractivity contribution < 1.29 is 23.8 Å². The van der Waals surface area contributed by atoms with Gasteiger partial charge in [0, 0.05) is 59.6 Å². The van der Waals surface area contributed by atoms with Crippen molar-refractivity contribution in [1.29, 1.82) is 0 Å². The van der Waals surface area contributed by atoms with Crippen LogP contribution in [-0.2, 0) is 4.79 Å². The number of phenols is 1. The van der Waals surface area contributed by atoms with Crippen LogP contribution < -0.4 is 14.9 Å². The van der Waals surface area contributed by atoms with Gasteiger partial charge in [-0.3, -0.25) is 9.59 Å². The van der Waals surface area contributed by atoms with Gasteiger partial charge < -0.3 is 23.9 Å². The number of benzene rings is 3. The molecule has 2 aliphatic heterocycles. The number of phenolic OH excluding ortho intramolecular Hbond substituents is 1. The number of amides is 1. The molecule has 1 N–H and O–H groups in total. The summed E-state index contributed by atoms with van der Waals surface area (Å²) in [5, 5.41) is 11.9. The van der Waals surface area contributed by atoms with E-state index in [4.69, 9.17) is 18.9 Å². The standard InChI is InChI=1S/C33H28N2O6/c1-39-21-10-11-24-20(14-21)15-23-22(16-29(38)35-12-6-3-7-13-35)30-28(41-33(23)34-24)18-26(37)31-25(36)17-27(40-32(30)31)19-8-4-2-5-9-19/h2,4-5,8-11,14-15,17-18,22,37H,3,6-7,12-13,16H2,1H3/t22-/m1/s1. The molecule has 7 rings (SSSR count). The Morgan fingerprint density at radius 2 is 1.85 bits per heavy atom. The second-order valence-corrected chi connectivity index (χ2v) is 10.6. The number of pyridine rings is 1. The van der Waals surface area contributed by atoms with E-state index in [0.717, 1.165) is 43.3 Å². The molecule has 8 nitrogen and oxygen atoms in total. The summed E-state index contributed by atoms with van der Waals surface area (Å²) in [5.74, 6) is 0.961. The van der Waals surface area contributed by atoms with Crippen LogP contribution in [0.4, 0.5) is 0 Å². The molecule has 0 saturated carbocycles. The number of rotatable bonds is 4. The molecule has 0 aliphatic carbocycles. The number of aromatic nitrogens is 1. The Balaban J connectivity index is 1.47. The number of hydrogen-bond donors (Lipinski definition) is 1. The van der Waals surface area contributed by atoms with Crippen molar-refractivity contribution in [2.24, 2.45) is 0 Å². The summed E-state index contributed by atoms with van der Waals surface area (Å²) in [5.41, 5.74) is 2.52. The summed E-state index contributed by atoms with van der Waals surface area (Å²) in [6, 6.07) is 19.7. The molecular weight excluding hydrogens is 520 g/mol. The van der Waals surface area contributed by atoms with Crippen molar-refractivity contribution in [2.75, 3.05) is 20.2 Å². The highest BCUT2D eigenvalue weighted by atomic mass is 16.5. The predicted octanol–water partition coefficient (Wildman–Crippen LogP) is 6.36. The lowest BCUT2D eigenvalue weighted by atomic mass is 9.84. The Morgan fingerprint density at radius 3 is 2.63 bits per heavy atom. The highest BCUT2D eigenvalue weighted by Crippen LogP contribution is 2.51. The number of piperidine rings is 1. The van der Waals surface area contributed by atoms with Gasteiger partial charge >= 0.3 is 0 Å². The largest absolute Gasteiger partial charge is 0.507 e. The van der Waals surface area contributed by atoms with Gasteiger partial charge in [-0.15, -0.1) is 0 Å². The second-order valence-electron chi connectivity index (χ2n) is 10.6. The number of carbonyl (C=O) groups excluding carboxylic acids is 1. The zero-order valence-corrected chi connectivity index (χ0v) is 22.6. The van der Waals surface area contributed by atoms with E-state index in [1.54, 1.807) is 7.11 Å². The molecule has 0 spiro atoms. The summed E-state index contributed by atoms with van der Waals surface area (Å²) in [7, 11) is 1.61. The molecule has 3 aromatic carbocycles. The molecule has 4 heterocycles. The van der Waals surface area contributed by atoms with E-state index in [2.05, 4.69) is 0 Å². The maximum absolute atomic E-state index is 13.7. The lowest BCUT2D eigenvalue weighted by Crippen LogP contribution is -2.36. The summed E-state index contributed by atoms with van der Waals surface area (Å²) >= 11 is 0. The molecule has 41 heavy (non-hydrogen) atoms. The minimum atomic E-state index is -0.524. The summed E-state index contributed by atoms with van der Waals surface area (Å²) in [6.45, 7) is 1.44. The Labute approximate surface area is 235 Å². The zero-order chi connectivity index (χ0) is 28.1. The number of ether oxygens (including phenoxy) is 2. The molecule has 0 bridgehead atoms. The van der Waals surface area contributed by atoms with Gasteiger partial charge in [0.05, 0.1) is 12.6 Å². The minimum Gasteiger partial charge on any atom is -0.507 e. The van der Waals surface area contributed by atoms with Crippen LogP contribution in [0.2, 0.25) is 0 Å². The first-order valence-electron chi connectivity index (χ1n) is 13.8. The molecule has 206 valence electrons. The third-order valence-corrected chi connectivity index (χ3v) is 8.07. The van der Waals surface area contributed by atoms with Gasteiger partial charge in [0.2, 0.25) is 11.8 Å². The molecule has 1 saturated heterocycles. The van der Waals surface area contributed by atoms with E-state index in [9.17, 15) is 14.7 Å². The normalized spacial score (nSPS) is 16.2. The number of likely N-dealkylation sites (tertiary alicyclic amines) is 1. The monoisotopic (exact) mass is 548 g/mol. The molecular formula is C33H28N2O6. The van der Waals surface area contributed by atoms with Gasteiger partial charge in [-0.05, 0) is 43.5 Å². The van der Waals surface area contributed by atoms with Crippen LogP contribution in [0.25, 0.3) is 33.2 Å². The number of carbonyl (C=O) groups is 1. The van der Waals surface area contributed by atoms with Crippen LogP contribution in [-0.4, -0.2) is 41.1 Å². The Bertz CT molecular complexity index is 1880. The number of aromatic hydroxyl groups is 1. The van der Waals surface area contributed by atoms with Crippen LogP contribution in [0.3, 0.4) is 0 Å². The van der Waals surface area contributed by atoms with Crippen LogP contribution in [0.5, 0.6) is 23.1 Å². The number of methoxy groups -OCH3 is 1. The van der Waals surface area contributed by atoms with E-state index in [0.29, 0.717) is 39.8 Å². The van der Waals surface area contributed by atoms with E-state index in [-0.39, 0.29) is 34.5 Å². The number of fused-ring (bicyclic) bond motifs is 5. The average molecular weight is 549 g/mol. The van der Waals surface area contributed by atoms with Gasteiger partial charge in [-0.2, -0.15) is 0 Å². The highest BCUT2D eigenvalue weighted by Gasteiger charge is 2.36. The Kier molecular flexibility index (Phi) is 6.11. The third kappa shape index (κ3) is 4.36. The first-order chi connectivity index (χ1) is 20.0. The quantitative estimate of drug-likeness (QED) is 0.279. The van der Waals surface area contributed by atoms with Crippen LogP contribution >= 0.6 is 0 Å². The van der Waals surface area contributed by atoms with Gasteiger partial charge in [-0.1, -0.05) is 30.3 Å². The lowest BCUT2D eigenvalue weighted by molar-refractivity contribution is -0.132. The zero-order valence-electron chi connectivity index (χ0n) is 22.6. The van der Waals surface area contributed by atoms with Gasteiger partial charge in [0.1, 0.15) is 34.0 Å². The van der Waals surface area contributed by atoms with Crippen molar-refractivity contribution in [3.8, 4) is 34.5 Å². The van der Waals surface area contributed by atoms with E-state index in [1.807, 2.05) is 59.5 Å². The second kappa shape index (κ2) is 9.96.